The van der Waals surface area contributed by atoms with Crippen molar-refractivity contribution in [2.24, 2.45) is 0 Å². The molecule has 1 aromatic carbocycles. The normalized spacial score (nSPS) is 17.4. The second-order valence-corrected chi connectivity index (χ2v) is 6.70. The highest BCUT2D eigenvalue weighted by molar-refractivity contribution is 9.10. The number of halogens is 1. The largest absolute Gasteiger partial charge is 0.388 e. The van der Waals surface area contributed by atoms with E-state index in [1.807, 2.05) is 0 Å². The van der Waals surface area contributed by atoms with Gasteiger partial charge in [-0.25, -0.2) is 0 Å². The molecule has 1 aliphatic rings. The van der Waals surface area contributed by atoms with Crippen molar-refractivity contribution in [1.29, 1.82) is 0 Å². The summed E-state index contributed by atoms with van der Waals surface area (Å²) < 4.78 is 1.13. The summed E-state index contributed by atoms with van der Waals surface area (Å²) in [5, 5.41) is 13.8. The van der Waals surface area contributed by atoms with Gasteiger partial charge >= 0.3 is 0 Å². The van der Waals surface area contributed by atoms with Gasteiger partial charge in [0.05, 0.1) is 5.60 Å². The topological polar surface area (TPSA) is 35.5 Å². The molecule has 112 valence electrons. The smallest absolute Gasteiger partial charge is 0.0821 e. The lowest BCUT2D eigenvalue weighted by Gasteiger charge is -2.30. The quantitative estimate of drug-likeness (QED) is 0.833. The van der Waals surface area contributed by atoms with Gasteiger partial charge in [0.15, 0.2) is 0 Å². The summed E-state index contributed by atoms with van der Waals surface area (Å²) in [4.78, 5) is 2.16. The maximum absolute atomic E-state index is 10.5. The van der Waals surface area contributed by atoms with E-state index in [4.69, 9.17) is 0 Å². The van der Waals surface area contributed by atoms with Gasteiger partial charge in [-0.3, -0.25) is 0 Å². The van der Waals surface area contributed by atoms with Crippen LogP contribution in [0, 0.1) is 0 Å². The monoisotopic (exact) mass is 340 g/mol. The lowest BCUT2D eigenvalue weighted by Crippen LogP contribution is -2.39. The van der Waals surface area contributed by atoms with Gasteiger partial charge in [0, 0.05) is 30.3 Å². The van der Waals surface area contributed by atoms with Crippen molar-refractivity contribution in [1.82, 2.24) is 5.32 Å². The number of hydrogen-bond acceptors (Lipinski definition) is 3. The van der Waals surface area contributed by atoms with Gasteiger partial charge in [0.1, 0.15) is 0 Å². The first-order valence-electron chi connectivity index (χ1n) is 7.47. The summed E-state index contributed by atoms with van der Waals surface area (Å²) >= 11 is 3.64. The van der Waals surface area contributed by atoms with Crippen molar-refractivity contribution in [3.05, 3.63) is 28.2 Å². The summed E-state index contributed by atoms with van der Waals surface area (Å²) in [5.74, 6) is 0. The van der Waals surface area contributed by atoms with Gasteiger partial charge in [0.25, 0.3) is 0 Å². The molecule has 2 rings (SSSR count). The Bertz CT molecular complexity index is 444. The number of anilines is 1. The second-order valence-electron chi connectivity index (χ2n) is 5.84. The molecule has 1 aromatic rings. The standard InChI is InChI=1S/C16H25BrN2O/c1-3-18-11-13-6-7-14(10-15(13)17)19(2)12-16(20)8-4-5-9-16/h6-7,10,18,20H,3-5,8-9,11-12H2,1-2H3. The molecule has 0 unspecified atom stereocenters. The number of rotatable bonds is 6. The highest BCUT2D eigenvalue weighted by atomic mass is 79.9. The number of nitrogens with zero attached hydrogens (tertiary/aromatic N) is 1. The second kappa shape index (κ2) is 6.92. The van der Waals surface area contributed by atoms with Gasteiger partial charge in [0.2, 0.25) is 0 Å². The first kappa shape index (κ1) is 15.8. The average Bonchev–Trinajstić information content (AvgIpc) is 2.83. The van der Waals surface area contributed by atoms with Crippen LogP contribution in [0.2, 0.25) is 0 Å². The molecule has 3 nitrogen and oxygen atoms in total. The number of likely N-dealkylation sites (N-methyl/N-ethyl adjacent to an activating group) is 1. The summed E-state index contributed by atoms with van der Waals surface area (Å²) in [6.07, 6.45) is 4.15. The SMILES string of the molecule is CCNCc1ccc(N(C)CC2(O)CCCC2)cc1Br. The average molecular weight is 341 g/mol. The Morgan fingerprint density at radius 2 is 2.05 bits per heavy atom. The Labute approximate surface area is 130 Å². The lowest BCUT2D eigenvalue weighted by molar-refractivity contribution is 0.0559. The molecule has 0 heterocycles. The van der Waals surface area contributed by atoms with Gasteiger partial charge in [-0.05, 0) is 37.1 Å². The zero-order valence-electron chi connectivity index (χ0n) is 12.5. The molecule has 0 radical (unpaired) electrons. The highest BCUT2D eigenvalue weighted by Gasteiger charge is 2.32. The van der Waals surface area contributed by atoms with Crippen molar-refractivity contribution < 1.29 is 5.11 Å². The van der Waals surface area contributed by atoms with Crippen LogP contribution in [0.1, 0.15) is 38.2 Å². The van der Waals surface area contributed by atoms with Gasteiger partial charge < -0.3 is 15.3 Å². The number of aliphatic hydroxyl groups is 1. The van der Waals surface area contributed by atoms with E-state index in [2.05, 4.69) is 58.3 Å². The summed E-state index contributed by atoms with van der Waals surface area (Å²) in [7, 11) is 2.06. The molecule has 0 bridgehead atoms. The molecule has 1 aliphatic carbocycles. The van der Waals surface area contributed by atoms with E-state index < -0.39 is 5.60 Å². The summed E-state index contributed by atoms with van der Waals surface area (Å²) in [6, 6.07) is 6.43. The van der Waals surface area contributed by atoms with Crippen LogP contribution in [0.5, 0.6) is 0 Å². The molecule has 0 spiro atoms. The van der Waals surface area contributed by atoms with E-state index in [9.17, 15) is 5.11 Å². The van der Waals surface area contributed by atoms with Crippen molar-refractivity contribution in [2.45, 2.75) is 44.8 Å². The van der Waals surface area contributed by atoms with Crippen LogP contribution in [-0.4, -0.2) is 30.8 Å². The Kier molecular flexibility index (Phi) is 5.47. The first-order chi connectivity index (χ1) is 9.54. The van der Waals surface area contributed by atoms with Gasteiger partial charge in [-0.2, -0.15) is 0 Å². The van der Waals surface area contributed by atoms with Crippen LogP contribution in [0.3, 0.4) is 0 Å². The molecule has 0 aromatic heterocycles. The van der Waals surface area contributed by atoms with E-state index in [0.29, 0.717) is 6.54 Å². The minimum Gasteiger partial charge on any atom is -0.388 e. The maximum atomic E-state index is 10.5. The fraction of sp³-hybridized carbons (Fsp3) is 0.625. The predicted molar refractivity (Wildman–Crippen MR) is 88.2 cm³/mol. The highest BCUT2D eigenvalue weighted by Crippen LogP contribution is 2.32. The molecule has 1 fully saturated rings. The van der Waals surface area contributed by atoms with Crippen LogP contribution in [0.25, 0.3) is 0 Å². The fourth-order valence-corrected chi connectivity index (χ4v) is 3.41. The summed E-state index contributed by atoms with van der Waals surface area (Å²) in [6.45, 7) is 4.68. The molecule has 0 atom stereocenters. The molecule has 1 saturated carbocycles. The van der Waals surface area contributed by atoms with Gasteiger partial charge in [-0.1, -0.05) is 41.8 Å². The van der Waals surface area contributed by atoms with E-state index in [1.165, 1.54) is 5.56 Å². The zero-order chi connectivity index (χ0) is 14.6. The maximum Gasteiger partial charge on any atom is 0.0821 e. The molecular weight excluding hydrogens is 316 g/mol. The molecule has 4 heteroatoms. The Balaban J connectivity index is 2.02. The molecule has 0 amide bonds. The minimum absolute atomic E-state index is 0.496. The van der Waals surface area contributed by atoms with Crippen LogP contribution in [-0.2, 0) is 6.54 Å². The van der Waals surface area contributed by atoms with Crippen molar-refractivity contribution in [2.75, 3.05) is 25.0 Å². The summed E-state index contributed by atoms with van der Waals surface area (Å²) in [5.41, 5.74) is 1.92. The van der Waals surface area contributed by atoms with Crippen molar-refractivity contribution in [3.63, 3.8) is 0 Å². The fourth-order valence-electron chi connectivity index (χ4n) is 2.90. The van der Waals surface area contributed by atoms with E-state index in [1.54, 1.807) is 0 Å². The molecule has 20 heavy (non-hydrogen) atoms. The number of benzene rings is 1. The molecule has 2 N–H and O–H groups in total. The molecular formula is C16H25BrN2O. The Morgan fingerprint density at radius 3 is 2.65 bits per heavy atom. The van der Waals surface area contributed by atoms with Crippen LogP contribution >= 0.6 is 15.9 Å². The van der Waals surface area contributed by atoms with Crippen LogP contribution in [0.15, 0.2) is 22.7 Å². The number of nitrogens with one attached hydrogen (secondary N) is 1. The third kappa shape index (κ3) is 3.96. The van der Waals surface area contributed by atoms with Crippen molar-refractivity contribution >= 4 is 21.6 Å². The van der Waals surface area contributed by atoms with E-state index in [0.717, 1.165) is 48.9 Å². The minimum atomic E-state index is -0.496. The molecule has 0 saturated heterocycles. The third-order valence-corrected chi connectivity index (χ3v) is 4.85. The van der Waals surface area contributed by atoms with E-state index in [-0.39, 0.29) is 0 Å². The van der Waals surface area contributed by atoms with Crippen molar-refractivity contribution in [3.8, 4) is 0 Å². The Morgan fingerprint density at radius 1 is 1.35 bits per heavy atom. The van der Waals surface area contributed by atoms with Crippen LogP contribution < -0.4 is 10.2 Å². The van der Waals surface area contributed by atoms with Crippen LogP contribution in [0.4, 0.5) is 5.69 Å². The number of hydrogen-bond donors (Lipinski definition) is 2. The van der Waals surface area contributed by atoms with E-state index >= 15 is 0 Å². The lowest BCUT2D eigenvalue weighted by atomic mass is 10.0. The predicted octanol–water partition coefficient (Wildman–Crippen LogP) is 3.30. The third-order valence-electron chi connectivity index (χ3n) is 4.11. The zero-order valence-corrected chi connectivity index (χ0v) is 14.0. The first-order valence-corrected chi connectivity index (χ1v) is 8.26. The Hall–Kier alpha value is -0.580. The van der Waals surface area contributed by atoms with Gasteiger partial charge in [-0.15, -0.1) is 0 Å². The molecule has 0 aliphatic heterocycles.